The van der Waals surface area contributed by atoms with Crippen LogP contribution >= 0.6 is 0 Å². The minimum absolute atomic E-state index is 0.0620. The Kier molecular flexibility index (Phi) is 5.28. The smallest absolute Gasteiger partial charge is 0.227 e. The highest BCUT2D eigenvalue weighted by Gasteiger charge is 2.29. The number of rotatable bonds is 5. The van der Waals surface area contributed by atoms with Crippen molar-refractivity contribution in [2.24, 2.45) is 5.92 Å². The van der Waals surface area contributed by atoms with E-state index >= 15 is 0 Å². The van der Waals surface area contributed by atoms with E-state index in [4.69, 9.17) is 4.74 Å². The van der Waals surface area contributed by atoms with Crippen molar-refractivity contribution in [1.29, 1.82) is 0 Å². The number of carbonyl (C=O) groups is 2. The lowest BCUT2D eigenvalue weighted by molar-refractivity contribution is -0.121. The molecular formula is C22H23FN2O3. The summed E-state index contributed by atoms with van der Waals surface area (Å²) >= 11 is 0. The third-order valence-corrected chi connectivity index (χ3v) is 5.13. The molecule has 4 rings (SSSR count). The lowest BCUT2D eigenvalue weighted by Gasteiger charge is -2.18. The van der Waals surface area contributed by atoms with Gasteiger partial charge in [0.15, 0.2) is 11.6 Å². The summed E-state index contributed by atoms with van der Waals surface area (Å²) in [5.74, 6) is -0.0749. The van der Waals surface area contributed by atoms with Crippen LogP contribution in [0.2, 0.25) is 0 Å². The molecule has 28 heavy (non-hydrogen) atoms. The zero-order chi connectivity index (χ0) is 19.5. The van der Waals surface area contributed by atoms with Gasteiger partial charge in [0.05, 0.1) is 19.1 Å². The summed E-state index contributed by atoms with van der Waals surface area (Å²) in [5, 5.41) is 5.89. The van der Waals surface area contributed by atoms with Gasteiger partial charge >= 0.3 is 0 Å². The molecule has 146 valence electrons. The van der Waals surface area contributed by atoms with Crippen LogP contribution < -0.4 is 15.4 Å². The first-order valence-electron chi connectivity index (χ1n) is 9.70. The first-order chi connectivity index (χ1) is 13.6. The van der Waals surface area contributed by atoms with Crippen LogP contribution in [0, 0.1) is 11.7 Å². The Bertz CT molecular complexity index is 878. The van der Waals surface area contributed by atoms with Crippen LogP contribution in [0.3, 0.4) is 0 Å². The SMILES string of the molecule is O=C(Cc1ccc(NC(=O)C2CC2)cc1)NC1CCCOc2c(F)cccc21. The summed E-state index contributed by atoms with van der Waals surface area (Å²) < 4.78 is 19.5. The third kappa shape index (κ3) is 4.32. The maximum atomic E-state index is 14.0. The number of anilines is 1. The topological polar surface area (TPSA) is 67.4 Å². The van der Waals surface area contributed by atoms with Gasteiger partial charge in [-0.3, -0.25) is 9.59 Å². The van der Waals surface area contributed by atoms with Gasteiger partial charge in [-0.15, -0.1) is 0 Å². The molecule has 2 N–H and O–H groups in total. The Hall–Kier alpha value is -2.89. The van der Waals surface area contributed by atoms with Crippen molar-refractivity contribution < 1.29 is 18.7 Å². The molecule has 1 heterocycles. The van der Waals surface area contributed by atoms with E-state index in [0.717, 1.165) is 30.5 Å². The van der Waals surface area contributed by atoms with Crippen LogP contribution in [0.15, 0.2) is 42.5 Å². The molecule has 0 radical (unpaired) electrons. The van der Waals surface area contributed by atoms with Gasteiger partial charge in [-0.2, -0.15) is 0 Å². The summed E-state index contributed by atoms with van der Waals surface area (Å²) in [4.78, 5) is 24.3. The quantitative estimate of drug-likeness (QED) is 0.828. The lowest BCUT2D eigenvalue weighted by Crippen LogP contribution is -2.29. The van der Waals surface area contributed by atoms with Crippen LogP contribution in [0.4, 0.5) is 10.1 Å². The van der Waals surface area contributed by atoms with Crippen molar-refractivity contribution in [3.63, 3.8) is 0 Å². The summed E-state index contributed by atoms with van der Waals surface area (Å²) in [5.41, 5.74) is 2.28. The van der Waals surface area contributed by atoms with Gasteiger partial charge in [0.25, 0.3) is 0 Å². The number of halogens is 1. The minimum atomic E-state index is -0.400. The van der Waals surface area contributed by atoms with Crippen LogP contribution in [0.1, 0.15) is 42.9 Å². The molecule has 1 aliphatic heterocycles. The first kappa shape index (κ1) is 18.5. The molecule has 2 aliphatic rings. The molecule has 1 unspecified atom stereocenters. The second-order valence-corrected chi connectivity index (χ2v) is 7.41. The van der Waals surface area contributed by atoms with Gasteiger partial charge in [-0.1, -0.05) is 24.3 Å². The minimum Gasteiger partial charge on any atom is -0.490 e. The molecule has 2 aromatic rings. The highest BCUT2D eigenvalue weighted by atomic mass is 19.1. The number of fused-ring (bicyclic) bond motifs is 1. The molecule has 1 fully saturated rings. The molecule has 0 spiro atoms. The average Bonchev–Trinajstić information content (AvgIpc) is 3.52. The van der Waals surface area contributed by atoms with E-state index in [1.165, 1.54) is 6.07 Å². The molecule has 1 aliphatic carbocycles. The summed E-state index contributed by atoms with van der Waals surface area (Å²) in [6, 6.07) is 11.8. The van der Waals surface area contributed by atoms with Crippen LogP contribution in [0.25, 0.3) is 0 Å². The number of amides is 2. The number of para-hydroxylation sites is 1. The standard InChI is InChI=1S/C22H23FN2O3/c23-18-4-1-3-17-19(5-2-12-28-21(17)18)25-20(26)13-14-6-10-16(11-7-14)24-22(27)15-8-9-15/h1,3-4,6-7,10-11,15,19H,2,5,8-9,12-13H2,(H,24,27)(H,25,26). The zero-order valence-electron chi connectivity index (χ0n) is 15.5. The molecule has 5 nitrogen and oxygen atoms in total. The number of hydrogen-bond donors (Lipinski definition) is 2. The molecule has 0 aromatic heterocycles. The number of ether oxygens (including phenoxy) is 1. The van der Waals surface area contributed by atoms with E-state index in [1.807, 2.05) is 24.3 Å². The maximum Gasteiger partial charge on any atom is 0.227 e. The molecule has 1 atom stereocenters. The van der Waals surface area contributed by atoms with Crippen molar-refractivity contribution in [3.05, 3.63) is 59.4 Å². The van der Waals surface area contributed by atoms with Crippen molar-refractivity contribution in [1.82, 2.24) is 5.32 Å². The lowest BCUT2D eigenvalue weighted by atomic mass is 10.0. The normalized spacial score (nSPS) is 18.4. The molecule has 2 aromatic carbocycles. The molecule has 0 saturated heterocycles. The molecule has 1 saturated carbocycles. The number of hydrogen-bond acceptors (Lipinski definition) is 3. The van der Waals surface area contributed by atoms with E-state index in [9.17, 15) is 14.0 Å². The molecule has 6 heteroatoms. The van der Waals surface area contributed by atoms with Gasteiger partial charge < -0.3 is 15.4 Å². The Morgan fingerprint density at radius 1 is 1.07 bits per heavy atom. The van der Waals surface area contributed by atoms with Gasteiger partial charge in [-0.25, -0.2) is 4.39 Å². The molecule has 0 bridgehead atoms. The fraction of sp³-hybridized carbons (Fsp3) is 0.364. The number of benzene rings is 2. The van der Waals surface area contributed by atoms with Gasteiger partial charge in [-0.05, 0) is 49.4 Å². The molecule has 2 amide bonds. The number of carbonyl (C=O) groups excluding carboxylic acids is 2. The predicted octanol–water partition coefficient (Wildman–Crippen LogP) is 3.75. The van der Waals surface area contributed by atoms with Gasteiger partial charge in [0, 0.05) is 17.2 Å². The van der Waals surface area contributed by atoms with Crippen molar-refractivity contribution >= 4 is 17.5 Å². The summed E-state index contributed by atoms with van der Waals surface area (Å²) in [6.45, 7) is 0.439. The zero-order valence-corrected chi connectivity index (χ0v) is 15.5. The Labute approximate surface area is 163 Å². The largest absolute Gasteiger partial charge is 0.490 e. The number of nitrogens with one attached hydrogen (secondary N) is 2. The summed E-state index contributed by atoms with van der Waals surface area (Å²) in [7, 11) is 0. The van der Waals surface area contributed by atoms with E-state index in [1.54, 1.807) is 12.1 Å². The van der Waals surface area contributed by atoms with Gasteiger partial charge in [0.1, 0.15) is 0 Å². The first-order valence-corrected chi connectivity index (χ1v) is 9.70. The maximum absolute atomic E-state index is 14.0. The fourth-order valence-corrected chi connectivity index (χ4v) is 3.45. The van der Waals surface area contributed by atoms with Crippen molar-refractivity contribution in [3.8, 4) is 5.75 Å². The third-order valence-electron chi connectivity index (χ3n) is 5.13. The van der Waals surface area contributed by atoms with E-state index in [2.05, 4.69) is 10.6 Å². The van der Waals surface area contributed by atoms with E-state index in [-0.39, 0.29) is 35.9 Å². The summed E-state index contributed by atoms with van der Waals surface area (Å²) in [6.07, 6.45) is 3.59. The average molecular weight is 382 g/mol. The van der Waals surface area contributed by atoms with Crippen LogP contribution in [-0.2, 0) is 16.0 Å². The Balaban J connectivity index is 1.38. The van der Waals surface area contributed by atoms with Crippen molar-refractivity contribution in [2.45, 2.75) is 38.1 Å². The van der Waals surface area contributed by atoms with E-state index < -0.39 is 5.82 Å². The second-order valence-electron chi connectivity index (χ2n) is 7.41. The Morgan fingerprint density at radius 2 is 1.86 bits per heavy atom. The second kappa shape index (κ2) is 8.00. The van der Waals surface area contributed by atoms with Crippen LogP contribution in [-0.4, -0.2) is 18.4 Å². The molecular weight excluding hydrogens is 359 g/mol. The predicted molar refractivity (Wildman–Crippen MR) is 104 cm³/mol. The monoisotopic (exact) mass is 382 g/mol. The Morgan fingerprint density at radius 3 is 2.61 bits per heavy atom. The van der Waals surface area contributed by atoms with Crippen LogP contribution in [0.5, 0.6) is 5.75 Å². The highest BCUT2D eigenvalue weighted by molar-refractivity contribution is 5.94. The fourth-order valence-electron chi connectivity index (χ4n) is 3.45. The van der Waals surface area contributed by atoms with Gasteiger partial charge in [0.2, 0.25) is 11.8 Å². The highest BCUT2D eigenvalue weighted by Crippen LogP contribution is 2.33. The van der Waals surface area contributed by atoms with Crippen molar-refractivity contribution in [2.75, 3.05) is 11.9 Å². The van der Waals surface area contributed by atoms with E-state index in [0.29, 0.717) is 18.6 Å².